The Hall–Kier alpha value is -2.33. The number of allylic oxidation sites excluding steroid dienone is 2. The second kappa shape index (κ2) is 12.9. The summed E-state index contributed by atoms with van der Waals surface area (Å²) in [6.45, 7) is 6.68. The van der Waals surface area contributed by atoms with Crippen molar-refractivity contribution >= 4 is 5.57 Å². The van der Waals surface area contributed by atoms with Gasteiger partial charge in [0, 0.05) is 19.5 Å². The lowest BCUT2D eigenvalue weighted by Crippen LogP contribution is -2.09. The Balaban J connectivity index is 0.000000604. The van der Waals surface area contributed by atoms with Crippen LogP contribution in [0.25, 0.3) is 5.57 Å². The van der Waals surface area contributed by atoms with Crippen molar-refractivity contribution in [3.63, 3.8) is 0 Å². The van der Waals surface area contributed by atoms with E-state index in [4.69, 9.17) is 5.26 Å². The van der Waals surface area contributed by atoms with Gasteiger partial charge in [0.05, 0.1) is 0 Å². The Morgan fingerprint density at radius 1 is 1.21 bits per heavy atom. The first-order valence-corrected chi connectivity index (χ1v) is 9.85. The van der Waals surface area contributed by atoms with Gasteiger partial charge in [0.25, 0.3) is 5.92 Å². The van der Waals surface area contributed by atoms with Gasteiger partial charge in [0.15, 0.2) is 0 Å². The van der Waals surface area contributed by atoms with E-state index in [9.17, 15) is 8.78 Å². The smallest absolute Gasteiger partial charge is 0.270 e. The van der Waals surface area contributed by atoms with E-state index in [1.54, 1.807) is 27.0 Å². The molecule has 1 fully saturated rings. The van der Waals surface area contributed by atoms with Gasteiger partial charge in [-0.1, -0.05) is 63.1 Å². The normalized spacial score (nSPS) is 15.0. The largest absolute Gasteiger partial charge is 0.379 e. The minimum Gasteiger partial charge on any atom is -0.379 e. The molecule has 1 aliphatic rings. The topological polar surface area (TPSA) is 35.8 Å². The second-order valence-corrected chi connectivity index (χ2v) is 7.25. The van der Waals surface area contributed by atoms with E-state index in [0.717, 1.165) is 18.4 Å². The first-order chi connectivity index (χ1) is 13.2. The van der Waals surface area contributed by atoms with Gasteiger partial charge in [-0.3, -0.25) is 0 Å². The SMILES string of the molecule is C#C.CCC1CCCCC1.CN/C(C#N)=C(\C)c1cc(C)cc(C(C)(F)F)c1. The molecule has 1 aromatic rings. The third kappa shape index (κ3) is 8.57. The van der Waals surface area contributed by atoms with Crippen molar-refractivity contribution in [3.8, 4) is 18.9 Å². The minimum atomic E-state index is -2.88. The number of nitrogens with zero attached hydrogens (tertiary/aromatic N) is 1. The van der Waals surface area contributed by atoms with E-state index >= 15 is 0 Å². The molecule has 2 rings (SSSR count). The van der Waals surface area contributed by atoms with Crippen molar-refractivity contribution in [1.29, 1.82) is 5.26 Å². The van der Waals surface area contributed by atoms with Crippen molar-refractivity contribution < 1.29 is 8.78 Å². The molecular formula is C24H34F2N2. The molecule has 1 saturated carbocycles. The maximum absolute atomic E-state index is 13.3. The van der Waals surface area contributed by atoms with E-state index in [1.165, 1.54) is 50.7 Å². The van der Waals surface area contributed by atoms with Gasteiger partial charge in [0.2, 0.25) is 0 Å². The van der Waals surface area contributed by atoms with Crippen LogP contribution in [-0.2, 0) is 5.92 Å². The summed E-state index contributed by atoms with van der Waals surface area (Å²) in [5.41, 5.74) is 2.39. The highest BCUT2D eigenvalue weighted by molar-refractivity contribution is 5.70. The van der Waals surface area contributed by atoms with Gasteiger partial charge in [-0.25, -0.2) is 8.78 Å². The van der Waals surface area contributed by atoms with Crippen LogP contribution in [-0.4, -0.2) is 7.05 Å². The molecule has 0 atom stereocenters. The summed E-state index contributed by atoms with van der Waals surface area (Å²) in [5.74, 6) is -1.79. The first kappa shape index (κ1) is 25.7. The van der Waals surface area contributed by atoms with Crippen molar-refractivity contribution in [1.82, 2.24) is 5.32 Å². The molecule has 4 heteroatoms. The lowest BCUT2D eigenvalue weighted by Gasteiger charge is -2.18. The summed E-state index contributed by atoms with van der Waals surface area (Å²) in [4.78, 5) is 0. The highest BCUT2D eigenvalue weighted by atomic mass is 19.3. The number of benzene rings is 1. The van der Waals surface area contributed by atoms with Gasteiger partial charge in [-0.05, 0) is 37.0 Å². The standard InChI is InChI=1S/C14H16F2N2.C8H16.C2H2/c1-9-5-11(10(2)13(8-17)18-4)7-12(6-9)14(3,15)16;1-2-8-6-4-3-5-7-8;1-2/h5-7,18H,1-4H3;8H,2-7H2,1H3;1-2H/b13-10+;;. The van der Waals surface area contributed by atoms with Crippen LogP contribution in [0.4, 0.5) is 8.78 Å². The van der Waals surface area contributed by atoms with Crippen LogP contribution in [0.3, 0.4) is 0 Å². The van der Waals surface area contributed by atoms with E-state index in [2.05, 4.69) is 25.1 Å². The van der Waals surface area contributed by atoms with Gasteiger partial charge < -0.3 is 5.32 Å². The molecule has 0 unspecified atom stereocenters. The Labute approximate surface area is 170 Å². The fraction of sp³-hybridized carbons (Fsp3) is 0.542. The second-order valence-electron chi connectivity index (χ2n) is 7.25. The zero-order chi connectivity index (χ0) is 21.7. The summed E-state index contributed by atoms with van der Waals surface area (Å²) in [5, 5.41) is 11.7. The summed E-state index contributed by atoms with van der Waals surface area (Å²) in [6, 6.07) is 6.69. The Bertz CT molecular complexity index is 685. The maximum atomic E-state index is 13.3. The molecule has 0 bridgehead atoms. The fourth-order valence-corrected chi connectivity index (χ4v) is 3.32. The zero-order valence-electron chi connectivity index (χ0n) is 17.9. The number of nitriles is 1. The number of rotatable bonds is 4. The molecule has 154 valence electrons. The molecule has 0 aromatic heterocycles. The number of hydrogen-bond donors (Lipinski definition) is 1. The molecule has 28 heavy (non-hydrogen) atoms. The molecule has 0 radical (unpaired) electrons. The average molecular weight is 389 g/mol. The molecule has 1 N–H and O–H groups in total. The Kier molecular flexibility index (Phi) is 11.9. The van der Waals surface area contributed by atoms with E-state index in [1.807, 2.05) is 6.07 Å². The number of alkyl halides is 2. The molecule has 1 aromatic carbocycles. The molecule has 0 saturated heterocycles. The van der Waals surface area contributed by atoms with Crippen LogP contribution in [0.5, 0.6) is 0 Å². The quantitative estimate of drug-likeness (QED) is 0.454. The van der Waals surface area contributed by atoms with Gasteiger partial charge in [0.1, 0.15) is 11.8 Å². The van der Waals surface area contributed by atoms with Crippen LogP contribution < -0.4 is 5.32 Å². The maximum Gasteiger partial charge on any atom is 0.270 e. The monoisotopic (exact) mass is 388 g/mol. The predicted octanol–water partition coefficient (Wildman–Crippen LogP) is 6.81. The Morgan fingerprint density at radius 3 is 2.18 bits per heavy atom. The third-order valence-corrected chi connectivity index (χ3v) is 5.06. The predicted molar refractivity (Wildman–Crippen MR) is 115 cm³/mol. The fourth-order valence-electron chi connectivity index (χ4n) is 3.32. The molecule has 0 aliphatic heterocycles. The Morgan fingerprint density at radius 2 is 1.79 bits per heavy atom. The summed E-state index contributed by atoms with van der Waals surface area (Å²) in [6.07, 6.45) is 16.9. The summed E-state index contributed by atoms with van der Waals surface area (Å²) < 4.78 is 26.7. The van der Waals surface area contributed by atoms with Gasteiger partial charge >= 0.3 is 0 Å². The van der Waals surface area contributed by atoms with Crippen LogP contribution in [0.2, 0.25) is 0 Å². The number of hydrogen-bond acceptors (Lipinski definition) is 2. The molecule has 2 nitrogen and oxygen atoms in total. The van der Waals surface area contributed by atoms with Crippen molar-refractivity contribution in [2.24, 2.45) is 5.92 Å². The van der Waals surface area contributed by atoms with Crippen LogP contribution in [0.15, 0.2) is 23.9 Å². The lowest BCUT2D eigenvalue weighted by atomic mass is 9.88. The number of terminal acetylenes is 1. The van der Waals surface area contributed by atoms with Gasteiger partial charge in [-0.2, -0.15) is 5.26 Å². The summed E-state index contributed by atoms with van der Waals surface area (Å²) >= 11 is 0. The lowest BCUT2D eigenvalue weighted by molar-refractivity contribution is 0.0174. The number of nitrogens with one attached hydrogen (secondary N) is 1. The van der Waals surface area contributed by atoms with Crippen molar-refractivity contribution in [3.05, 3.63) is 40.6 Å². The van der Waals surface area contributed by atoms with Crippen LogP contribution >= 0.6 is 0 Å². The highest BCUT2D eigenvalue weighted by Gasteiger charge is 2.25. The van der Waals surface area contributed by atoms with Crippen molar-refractivity contribution in [2.75, 3.05) is 7.05 Å². The summed E-state index contributed by atoms with van der Waals surface area (Å²) in [7, 11) is 1.63. The third-order valence-electron chi connectivity index (χ3n) is 5.06. The van der Waals surface area contributed by atoms with E-state index in [-0.39, 0.29) is 5.56 Å². The zero-order valence-corrected chi connectivity index (χ0v) is 17.9. The molecule has 1 aliphatic carbocycles. The number of aryl methyl sites for hydroxylation is 1. The minimum absolute atomic E-state index is 0.0368. The molecule has 0 amide bonds. The van der Waals surface area contributed by atoms with Crippen LogP contribution in [0, 0.1) is 37.0 Å². The first-order valence-electron chi connectivity index (χ1n) is 9.85. The van der Waals surface area contributed by atoms with Crippen LogP contribution in [0.1, 0.15) is 76.0 Å². The van der Waals surface area contributed by atoms with E-state index in [0.29, 0.717) is 16.8 Å². The van der Waals surface area contributed by atoms with E-state index < -0.39 is 5.92 Å². The molecule has 0 heterocycles. The molecule has 0 spiro atoms. The number of halogens is 2. The van der Waals surface area contributed by atoms with Gasteiger partial charge in [-0.15, -0.1) is 12.8 Å². The average Bonchev–Trinajstić information content (AvgIpc) is 2.70. The highest BCUT2D eigenvalue weighted by Crippen LogP contribution is 2.30. The van der Waals surface area contributed by atoms with Crippen molar-refractivity contribution in [2.45, 2.75) is 72.1 Å². The molecular weight excluding hydrogens is 354 g/mol.